The van der Waals surface area contributed by atoms with Crippen molar-refractivity contribution in [3.63, 3.8) is 0 Å². The van der Waals surface area contributed by atoms with Crippen molar-refractivity contribution < 1.29 is 4.74 Å². The fourth-order valence-corrected chi connectivity index (χ4v) is 4.74. The summed E-state index contributed by atoms with van der Waals surface area (Å²) in [6.07, 6.45) is 10.1. The quantitative estimate of drug-likeness (QED) is 0.505. The normalized spacial score (nSPS) is 13.1. The molecular formula is C21H25N3OS. The van der Waals surface area contributed by atoms with Gasteiger partial charge in [-0.3, -0.25) is 0 Å². The fourth-order valence-electron chi connectivity index (χ4n) is 3.51. The summed E-state index contributed by atoms with van der Waals surface area (Å²) in [5, 5.41) is 4.68. The van der Waals surface area contributed by atoms with E-state index >= 15 is 0 Å². The lowest BCUT2D eigenvalue weighted by atomic mass is 10.2. The van der Waals surface area contributed by atoms with E-state index < -0.39 is 0 Å². The van der Waals surface area contributed by atoms with Crippen molar-refractivity contribution in [3.05, 3.63) is 41.0 Å². The Morgan fingerprint density at radius 1 is 1.08 bits per heavy atom. The first-order chi connectivity index (χ1) is 12.8. The molecule has 0 atom stereocenters. The van der Waals surface area contributed by atoms with Gasteiger partial charge in [-0.25, -0.2) is 9.97 Å². The Hall–Kier alpha value is -2.14. The third-order valence-corrected chi connectivity index (χ3v) is 6.08. The number of nitrogens with zero attached hydrogens (tertiary/aromatic N) is 2. The minimum absolute atomic E-state index is 0.792. The second-order valence-corrected chi connectivity index (χ2v) is 7.90. The Morgan fingerprint density at radius 2 is 1.96 bits per heavy atom. The molecule has 0 saturated heterocycles. The predicted molar refractivity (Wildman–Crippen MR) is 109 cm³/mol. The van der Waals surface area contributed by atoms with Crippen LogP contribution >= 0.6 is 11.3 Å². The van der Waals surface area contributed by atoms with E-state index in [1.807, 2.05) is 23.5 Å². The highest BCUT2D eigenvalue weighted by atomic mass is 32.1. The first-order valence-electron chi connectivity index (χ1n) is 9.60. The minimum Gasteiger partial charge on any atom is -0.494 e. The maximum Gasteiger partial charge on any atom is 0.142 e. The van der Waals surface area contributed by atoms with Gasteiger partial charge in [0.15, 0.2) is 0 Å². The first kappa shape index (κ1) is 17.3. The number of ether oxygens (including phenoxy) is 1. The lowest BCUT2D eigenvalue weighted by Crippen LogP contribution is -1.98. The number of rotatable bonds is 8. The number of nitrogens with one attached hydrogen (secondary N) is 1. The van der Waals surface area contributed by atoms with E-state index in [1.54, 1.807) is 6.33 Å². The Labute approximate surface area is 158 Å². The molecule has 0 bridgehead atoms. The van der Waals surface area contributed by atoms with Gasteiger partial charge in [-0.05, 0) is 55.5 Å². The highest BCUT2D eigenvalue weighted by Crippen LogP contribution is 2.39. The zero-order valence-corrected chi connectivity index (χ0v) is 16.1. The molecule has 2 aromatic heterocycles. The number of unbranched alkanes of at least 4 members (excludes halogenated alkanes) is 3. The summed E-state index contributed by atoms with van der Waals surface area (Å²) in [6, 6.07) is 8.17. The summed E-state index contributed by atoms with van der Waals surface area (Å²) in [5.41, 5.74) is 2.47. The maximum absolute atomic E-state index is 5.82. The van der Waals surface area contributed by atoms with Crippen molar-refractivity contribution in [2.45, 2.75) is 51.9 Å². The summed E-state index contributed by atoms with van der Waals surface area (Å²) in [4.78, 5) is 11.5. The molecule has 1 aliphatic rings. The summed E-state index contributed by atoms with van der Waals surface area (Å²) in [7, 11) is 0. The van der Waals surface area contributed by atoms with Crippen LogP contribution in [0.25, 0.3) is 10.2 Å². The molecule has 0 fully saturated rings. The smallest absolute Gasteiger partial charge is 0.142 e. The molecule has 3 aromatic rings. The average molecular weight is 368 g/mol. The second-order valence-electron chi connectivity index (χ2n) is 6.82. The molecular weight excluding hydrogens is 342 g/mol. The lowest BCUT2D eigenvalue weighted by molar-refractivity contribution is 0.305. The first-order valence-corrected chi connectivity index (χ1v) is 10.4. The van der Waals surface area contributed by atoms with E-state index in [0.29, 0.717) is 0 Å². The van der Waals surface area contributed by atoms with Gasteiger partial charge in [-0.1, -0.05) is 26.2 Å². The molecule has 0 amide bonds. The summed E-state index contributed by atoms with van der Waals surface area (Å²) >= 11 is 1.82. The van der Waals surface area contributed by atoms with Crippen LogP contribution in [0.1, 0.15) is 49.5 Å². The zero-order chi connectivity index (χ0) is 17.8. The van der Waals surface area contributed by atoms with Crippen LogP contribution in [-0.2, 0) is 12.8 Å². The van der Waals surface area contributed by atoms with E-state index in [4.69, 9.17) is 4.74 Å². The minimum atomic E-state index is 0.792. The monoisotopic (exact) mass is 367 g/mol. The predicted octanol–water partition coefficient (Wildman–Crippen LogP) is 5.88. The van der Waals surface area contributed by atoms with Crippen LogP contribution in [0.3, 0.4) is 0 Å². The fraction of sp³-hybridized carbons (Fsp3) is 0.429. The van der Waals surface area contributed by atoms with Crippen LogP contribution in [0, 0.1) is 0 Å². The van der Waals surface area contributed by atoms with Gasteiger partial charge in [-0.2, -0.15) is 0 Å². The number of hydrogen-bond donors (Lipinski definition) is 1. The van der Waals surface area contributed by atoms with Crippen LogP contribution in [0.5, 0.6) is 5.75 Å². The van der Waals surface area contributed by atoms with Crippen LogP contribution in [-0.4, -0.2) is 16.6 Å². The molecule has 1 aliphatic carbocycles. The number of aromatic nitrogens is 2. The summed E-state index contributed by atoms with van der Waals surface area (Å²) in [6.45, 7) is 3.02. The van der Waals surface area contributed by atoms with Gasteiger partial charge in [-0.15, -0.1) is 11.3 Å². The molecule has 2 heterocycles. The van der Waals surface area contributed by atoms with Gasteiger partial charge < -0.3 is 10.1 Å². The zero-order valence-electron chi connectivity index (χ0n) is 15.3. The Morgan fingerprint density at radius 3 is 2.81 bits per heavy atom. The molecule has 0 spiro atoms. The molecule has 136 valence electrons. The molecule has 0 radical (unpaired) electrons. The van der Waals surface area contributed by atoms with Gasteiger partial charge in [0, 0.05) is 10.6 Å². The van der Waals surface area contributed by atoms with Crippen molar-refractivity contribution in [1.29, 1.82) is 0 Å². The molecule has 5 heteroatoms. The molecule has 26 heavy (non-hydrogen) atoms. The van der Waals surface area contributed by atoms with E-state index in [-0.39, 0.29) is 0 Å². The van der Waals surface area contributed by atoms with Crippen LogP contribution in [0.4, 0.5) is 11.5 Å². The lowest BCUT2D eigenvalue weighted by Gasteiger charge is -2.10. The van der Waals surface area contributed by atoms with Gasteiger partial charge in [0.25, 0.3) is 0 Å². The molecule has 1 N–H and O–H groups in total. The number of anilines is 2. The van der Waals surface area contributed by atoms with Crippen molar-refractivity contribution in [2.24, 2.45) is 0 Å². The van der Waals surface area contributed by atoms with Gasteiger partial charge in [0.05, 0.1) is 12.0 Å². The Balaban J connectivity index is 1.44. The van der Waals surface area contributed by atoms with Crippen molar-refractivity contribution in [2.75, 3.05) is 11.9 Å². The number of hydrogen-bond acceptors (Lipinski definition) is 5. The third kappa shape index (κ3) is 3.68. The van der Waals surface area contributed by atoms with Crippen molar-refractivity contribution in [3.8, 4) is 5.75 Å². The van der Waals surface area contributed by atoms with Gasteiger partial charge >= 0.3 is 0 Å². The molecule has 1 aromatic carbocycles. The highest BCUT2D eigenvalue weighted by molar-refractivity contribution is 7.19. The summed E-state index contributed by atoms with van der Waals surface area (Å²) < 4.78 is 5.82. The Bertz CT molecular complexity index is 873. The maximum atomic E-state index is 5.82. The highest BCUT2D eigenvalue weighted by Gasteiger charge is 2.21. The van der Waals surface area contributed by atoms with Crippen molar-refractivity contribution >= 4 is 33.1 Å². The van der Waals surface area contributed by atoms with E-state index in [1.165, 1.54) is 47.9 Å². The molecule has 0 unspecified atom stereocenters. The SMILES string of the molecule is CCCCCCOc1ccc(Nc2ncnc3sc4c(c23)CCC4)cc1. The largest absolute Gasteiger partial charge is 0.494 e. The molecule has 4 nitrogen and oxygen atoms in total. The number of benzene rings is 1. The van der Waals surface area contributed by atoms with E-state index in [0.717, 1.165) is 41.5 Å². The molecule has 0 aliphatic heterocycles. The second kappa shape index (κ2) is 8.04. The summed E-state index contributed by atoms with van der Waals surface area (Å²) in [5.74, 6) is 1.85. The average Bonchev–Trinajstić information content (AvgIpc) is 3.24. The number of thiophene rings is 1. The Kier molecular flexibility index (Phi) is 5.34. The molecule has 4 rings (SSSR count). The van der Waals surface area contributed by atoms with E-state index in [2.05, 4.69) is 34.3 Å². The molecule has 0 saturated carbocycles. The topological polar surface area (TPSA) is 47.0 Å². The van der Waals surface area contributed by atoms with Crippen LogP contribution in [0.15, 0.2) is 30.6 Å². The van der Waals surface area contributed by atoms with Gasteiger partial charge in [0.1, 0.15) is 22.7 Å². The number of fused-ring (bicyclic) bond motifs is 3. The van der Waals surface area contributed by atoms with Gasteiger partial charge in [0.2, 0.25) is 0 Å². The van der Waals surface area contributed by atoms with Crippen molar-refractivity contribution in [1.82, 2.24) is 9.97 Å². The standard InChI is InChI=1S/C21H25N3OS/c1-2-3-4-5-13-25-16-11-9-15(10-12-16)24-20-19-17-7-6-8-18(17)26-21(19)23-14-22-20/h9-12,14H,2-8,13H2,1H3,(H,22,23,24). The third-order valence-electron chi connectivity index (χ3n) is 4.89. The number of aryl methyl sites for hydroxylation is 2. The van der Waals surface area contributed by atoms with Crippen LogP contribution in [0.2, 0.25) is 0 Å². The van der Waals surface area contributed by atoms with E-state index in [9.17, 15) is 0 Å². The van der Waals surface area contributed by atoms with Crippen LogP contribution < -0.4 is 10.1 Å².